The maximum absolute atomic E-state index is 12.1. The van der Waals surface area contributed by atoms with Crippen molar-refractivity contribution in [2.24, 2.45) is 5.92 Å². The molecule has 1 saturated carbocycles. The van der Waals surface area contributed by atoms with Gasteiger partial charge in [0.25, 0.3) is 0 Å². The Morgan fingerprint density at radius 3 is 2.44 bits per heavy atom. The van der Waals surface area contributed by atoms with Gasteiger partial charge in [0, 0.05) is 36.6 Å². The predicted octanol–water partition coefficient (Wildman–Crippen LogP) is 3.62. The van der Waals surface area contributed by atoms with Crippen molar-refractivity contribution in [3.8, 4) is 0 Å². The van der Waals surface area contributed by atoms with Gasteiger partial charge in [0.1, 0.15) is 0 Å². The lowest BCUT2D eigenvalue weighted by Gasteiger charge is -2.08. The number of rotatable bonds is 8. The van der Waals surface area contributed by atoms with Crippen LogP contribution in [-0.4, -0.2) is 17.6 Å². The van der Waals surface area contributed by atoms with Gasteiger partial charge in [-0.05, 0) is 37.5 Å². The minimum Gasteiger partial charge on any atom is -0.352 e. The summed E-state index contributed by atoms with van der Waals surface area (Å²) in [6, 6.07) is 14.8. The molecular weight excluding hydrogens is 340 g/mol. The first-order valence-corrected chi connectivity index (χ1v) is 9.27. The zero-order chi connectivity index (χ0) is 19.2. The largest absolute Gasteiger partial charge is 0.352 e. The fraction of sp³-hybridized carbons (Fsp3) is 0.318. The normalized spacial score (nSPS) is 13.1. The molecule has 2 N–H and O–H groups in total. The number of nitrogens with one attached hydrogen (secondary N) is 2. The summed E-state index contributed by atoms with van der Waals surface area (Å²) in [6.45, 7) is 2.33. The second-order valence-corrected chi connectivity index (χ2v) is 7.03. The third-order valence-corrected chi connectivity index (χ3v) is 4.59. The van der Waals surface area contributed by atoms with Crippen LogP contribution in [0.1, 0.15) is 47.2 Å². The van der Waals surface area contributed by atoms with Gasteiger partial charge in [-0.3, -0.25) is 14.4 Å². The van der Waals surface area contributed by atoms with Crippen LogP contribution in [0, 0.1) is 12.8 Å². The van der Waals surface area contributed by atoms with Crippen molar-refractivity contribution >= 4 is 23.3 Å². The number of hydrogen-bond acceptors (Lipinski definition) is 3. The van der Waals surface area contributed by atoms with Crippen LogP contribution in [-0.2, 0) is 16.1 Å². The maximum atomic E-state index is 12.1. The molecule has 0 saturated heterocycles. The van der Waals surface area contributed by atoms with Crippen molar-refractivity contribution in [1.29, 1.82) is 0 Å². The van der Waals surface area contributed by atoms with E-state index in [0.29, 0.717) is 12.1 Å². The number of anilines is 1. The number of amides is 2. The van der Waals surface area contributed by atoms with Crippen LogP contribution in [0.5, 0.6) is 0 Å². The number of ketones is 1. The molecule has 0 heterocycles. The van der Waals surface area contributed by atoms with E-state index in [1.807, 2.05) is 43.3 Å². The van der Waals surface area contributed by atoms with E-state index >= 15 is 0 Å². The molecule has 1 fully saturated rings. The van der Waals surface area contributed by atoms with E-state index in [1.54, 1.807) is 12.1 Å². The Hall–Kier alpha value is -2.95. The molecule has 0 spiro atoms. The van der Waals surface area contributed by atoms with Gasteiger partial charge in [-0.1, -0.05) is 42.0 Å². The lowest BCUT2D eigenvalue weighted by atomic mass is 10.0. The number of carbonyl (C=O) groups is 3. The van der Waals surface area contributed by atoms with E-state index in [4.69, 9.17) is 0 Å². The minimum atomic E-state index is -0.164. The van der Waals surface area contributed by atoms with Gasteiger partial charge in [0.2, 0.25) is 11.8 Å². The molecule has 3 rings (SSSR count). The van der Waals surface area contributed by atoms with Gasteiger partial charge in [-0.15, -0.1) is 0 Å². The molecular formula is C22H24N2O3. The summed E-state index contributed by atoms with van der Waals surface area (Å²) in [5, 5.41) is 5.72. The second kappa shape index (κ2) is 8.62. The van der Waals surface area contributed by atoms with Crippen molar-refractivity contribution in [2.75, 3.05) is 5.32 Å². The van der Waals surface area contributed by atoms with E-state index in [-0.39, 0.29) is 36.4 Å². The molecule has 140 valence electrons. The molecule has 2 amide bonds. The highest BCUT2D eigenvalue weighted by atomic mass is 16.2. The molecule has 0 aliphatic heterocycles. The average Bonchev–Trinajstić information content (AvgIpc) is 3.50. The molecule has 0 atom stereocenters. The third-order valence-electron chi connectivity index (χ3n) is 4.59. The number of hydrogen-bond donors (Lipinski definition) is 2. The number of carbonyl (C=O) groups excluding carboxylic acids is 3. The van der Waals surface area contributed by atoms with Crippen LogP contribution in [0.3, 0.4) is 0 Å². The van der Waals surface area contributed by atoms with Crippen molar-refractivity contribution < 1.29 is 14.4 Å². The third kappa shape index (κ3) is 5.78. The van der Waals surface area contributed by atoms with Crippen LogP contribution in [0.25, 0.3) is 0 Å². The van der Waals surface area contributed by atoms with Crippen LogP contribution in [0.2, 0.25) is 0 Å². The van der Waals surface area contributed by atoms with E-state index in [1.165, 1.54) is 0 Å². The Balaban J connectivity index is 1.44. The number of aryl methyl sites for hydroxylation is 1. The Labute approximate surface area is 159 Å². The first-order valence-electron chi connectivity index (χ1n) is 9.27. The molecule has 0 bridgehead atoms. The Morgan fingerprint density at radius 1 is 1.00 bits per heavy atom. The van der Waals surface area contributed by atoms with Crippen LogP contribution < -0.4 is 10.6 Å². The fourth-order valence-electron chi connectivity index (χ4n) is 2.75. The van der Waals surface area contributed by atoms with Crippen LogP contribution >= 0.6 is 0 Å². The fourth-order valence-corrected chi connectivity index (χ4v) is 2.75. The highest BCUT2D eigenvalue weighted by Crippen LogP contribution is 2.30. The monoisotopic (exact) mass is 364 g/mol. The van der Waals surface area contributed by atoms with Crippen molar-refractivity contribution in [1.82, 2.24) is 5.32 Å². The molecule has 0 unspecified atom stereocenters. The van der Waals surface area contributed by atoms with Crippen LogP contribution in [0.15, 0.2) is 48.5 Å². The molecule has 2 aromatic carbocycles. The smallest absolute Gasteiger partial charge is 0.227 e. The zero-order valence-electron chi connectivity index (χ0n) is 15.5. The summed E-state index contributed by atoms with van der Waals surface area (Å²) in [7, 11) is 0. The first kappa shape index (κ1) is 18.8. The summed E-state index contributed by atoms with van der Waals surface area (Å²) in [4.78, 5) is 36.0. The van der Waals surface area contributed by atoms with Gasteiger partial charge < -0.3 is 10.6 Å². The summed E-state index contributed by atoms with van der Waals surface area (Å²) in [5.74, 6) is 0.0167. The van der Waals surface area contributed by atoms with E-state index in [2.05, 4.69) is 10.6 Å². The molecule has 2 aromatic rings. The van der Waals surface area contributed by atoms with Gasteiger partial charge >= 0.3 is 0 Å². The summed E-state index contributed by atoms with van der Waals surface area (Å²) >= 11 is 0. The molecule has 1 aliphatic carbocycles. The molecule has 27 heavy (non-hydrogen) atoms. The van der Waals surface area contributed by atoms with E-state index < -0.39 is 0 Å². The van der Waals surface area contributed by atoms with Crippen molar-refractivity contribution in [3.63, 3.8) is 0 Å². The highest BCUT2D eigenvalue weighted by molar-refractivity contribution is 5.98. The van der Waals surface area contributed by atoms with Crippen molar-refractivity contribution in [3.05, 3.63) is 65.2 Å². The summed E-state index contributed by atoms with van der Waals surface area (Å²) in [6.07, 6.45) is 2.27. The number of Topliss-reactive ketones (excluding diaryl/α,β-unsaturated/α-hetero) is 1. The zero-order valence-corrected chi connectivity index (χ0v) is 15.5. The topological polar surface area (TPSA) is 75.3 Å². The van der Waals surface area contributed by atoms with E-state index in [9.17, 15) is 14.4 Å². The maximum Gasteiger partial charge on any atom is 0.227 e. The molecule has 5 heteroatoms. The predicted molar refractivity (Wildman–Crippen MR) is 104 cm³/mol. The quantitative estimate of drug-likeness (QED) is 0.703. The van der Waals surface area contributed by atoms with Gasteiger partial charge in [0.05, 0.1) is 0 Å². The highest BCUT2D eigenvalue weighted by Gasteiger charge is 2.29. The lowest BCUT2D eigenvalue weighted by molar-refractivity contribution is -0.121. The minimum absolute atomic E-state index is 0.0325. The molecule has 5 nitrogen and oxygen atoms in total. The van der Waals surface area contributed by atoms with Crippen molar-refractivity contribution in [2.45, 2.75) is 39.2 Å². The Morgan fingerprint density at radius 2 is 1.74 bits per heavy atom. The summed E-state index contributed by atoms with van der Waals surface area (Å²) < 4.78 is 0. The van der Waals surface area contributed by atoms with Gasteiger partial charge in [0.15, 0.2) is 5.78 Å². The Kier molecular flexibility index (Phi) is 6.01. The van der Waals surface area contributed by atoms with Gasteiger partial charge in [-0.2, -0.15) is 0 Å². The van der Waals surface area contributed by atoms with Gasteiger partial charge in [-0.25, -0.2) is 0 Å². The standard InChI is InChI=1S/C22H24N2O3/c1-15-5-7-17(8-6-15)20(25)11-12-21(26)23-14-16-3-2-4-19(13-16)24-22(27)18-9-10-18/h2-8,13,18H,9-12,14H2,1H3,(H,23,26)(H,24,27). The van der Waals surface area contributed by atoms with E-state index in [0.717, 1.165) is 29.7 Å². The SMILES string of the molecule is Cc1ccc(C(=O)CCC(=O)NCc2cccc(NC(=O)C3CC3)c2)cc1. The first-order chi connectivity index (χ1) is 13.0. The Bertz CT molecular complexity index is 839. The molecule has 1 aliphatic rings. The second-order valence-electron chi connectivity index (χ2n) is 7.03. The lowest BCUT2D eigenvalue weighted by Crippen LogP contribution is -2.23. The average molecular weight is 364 g/mol. The number of benzene rings is 2. The van der Waals surface area contributed by atoms with Crippen LogP contribution in [0.4, 0.5) is 5.69 Å². The molecule has 0 radical (unpaired) electrons. The molecule has 0 aromatic heterocycles. The summed E-state index contributed by atoms with van der Waals surface area (Å²) in [5.41, 5.74) is 3.38.